The number of benzene rings is 2. The maximum atomic E-state index is 13.1. The van der Waals surface area contributed by atoms with Crippen LogP contribution in [-0.4, -0.2) is 19.0 Å². The Bertz CT molecular complexity index is 794. The molecule has 4 rings (SSSR count). The number of hydrogen-bond donors (Lipinski definition) is 1. The molecular weight excluding hydrogens is 355 g/mol. The van der Waals surface area contributed by atoms with Gasteiger partial charge in [-0.05, 0) is 61.6 Å². The van der Waals surface area contributed by atoms with E-state index >= 15 is 0 Å². The zero-order valence-electron chi connectivity index (χ0n) is 13.9. The second-order valence-corrected chi connectivity index (χ2v) is 7.77. The van der Waals surface area contributed by atoms with Crippen LogP contribution in [0.5, 0.6) is 0 Å². The molecule has 25 heavy (non-hydrogen) atoms. The Hall–Kier alpha value is -1.71. The Labute approximate surface area is 157 Å². The summed E-state index contributed by atoms with van der Waals surface area (Å²) in [5.41, 5.74) is 2.45. The third kappa shape index (κ3) is 3.23. The van der Waals surface area contributed by atoms with Crippen molar-refractivity contribution in [3.63, 3.8) is 0 Å². The molecule has 2 aliphatic rings. The summed E-state index contributed by atoms with van der Waals surface area (Å²) in [6.07, 6.45) is 4.09. The number of hydrogen-bond acceptors (Lipinski definition) is 2. The molecule has 0 atom stereocenters. The minimum absolute atomic E-state index is 0.0394. The van der Waals surface area contributed by atoms with E-state index in [2.05, 4.69) is 10.2 Å². The van der Waals surface area contributed by atoms with Crippen LogP contribution in [0.2, 0.25) is 10.0 Å². The molecule has 0 unspecified atom stereocenters. The largest absolute Gasteiger partial charge is 0.370 e. The molecule has 3 nitrogen and oxygen atoms in total. The molecule has 2 aromatic rings. The van der Waals surface area contributed by atoms with Gasteiger partial charge < -0.3 is 10.2 Å². The van der Waals surface area contributed by atoms with Crippen LogP contribution in [-0.2, 0) is 10.2 Å². The summed E-state index contributed by atoms with van der Waals surface area (Å²) in [5.74, 6) is 0.0394. The molecule has 0 aromatic heterocycles. The number of halogens is 2. The Morgan fingerprint density at radius 2 is 1.60 bits per heavy atom. The third-order valence-electron chi connectivity index (χ3n) is 5.24. The smallest absolute Gasteiger partial charge is 0.235 e. The standard InChI is InChI=1S/C20H20Cl2N2O/c21-15-5-3-14(4-6-15)20(9-10-20)19(25)23-17-13-16(22)7-8-18(17)24-11-1-2-12-24/h3-8,13H,1-2,9-12H2,(H,23,25). The first-order valence-corrected chi connectivity index (χ1v) is 9.46. The van der Waals surface area contributed by atoms with E-state index in [1.54, 1.807) is 0 Å². The predicted molar refractivity (Wildman–Crippen MR) is 104 cm³/mol. The number of amides is 1. The van der Waals surface area contributed by atoms with Crippen LogP contribution in [0.15, 0.2) is 42.5 Å². The molecule has 0 bridgehead atoms. The first-order valence-electron chi connectivity index (χ1n) is 8.70. The summed E-state index contributed by atoms with van der Waals surface area (Å²) in [6.45, 7) is 2.04. The Morgan fingerprint density at radius 1 is 0.960 bits per heavy atom. The second-order valence-electron chi connectivity index (χ2n) is 6.90. The topological polar surface area (TPSA) is 32.3 Å². The average Bonchev–Trinajstić information content (AvgIpc) is 3.24. The van der Waals surface area contributed by atoms with E-state index in [1.165, 1.54) is 12.8 Å². The molecule has 2 fully saturated rings. The normalized spacial score (nSPS) is 18.2. The quantitative estimate of drug-likeness (QED) is 0.790. The fourth-order valence-corrected chi connectivity index (χ4v) is 3.92. The lowest BCUT2D eigenvalue weighted by molar-refractivity contribution is -0.118. The van der Waals surface area contributed by atoms with Gasteiger partial charge in [0.1, 0.15) is 0 Å². The van der Waals surface area contributed by atoms with Crippen molar-refractivity contribution in [1.82, 2.24) is 0 Å². The van der Waals surface area contributed by atoms with Gasteiger partial charge in [0.25, 0.3) is 0 Å². The van der Waals surface area contributed by atoms with E-state index in [9.17, 15) is 4.79 Å². The third-order valence-corrected chi connectivity index (χ3v) is 5.72. The molecule has 1 N–H and O–H groups in total. The predicted octanol–water partition coefficient (Wildman–Crippen LogP) is 5.26. The van der Waals surface area contributed by atoms with Crippen LogP contribution in [0.25, 0.3) is 0 Å². The van der Waals surface area contributed by atoms with Crippen LogP contribution in [0.3, 0.4) is 0 Å². The summed E-state index contributed by atoms with van der Waals surface area (Å²) in [4.78, 5) is 15.4. The van der Waals surface area contributed by atoms with Gasteiger partial charge in [-0.2, -0.15) is 0 Å². The molecule has 2 aromatic carbocycles. The van der Waals surface area contributed by atoms with E-state index in [0.717, 1.165) is 42.9 Å². The minimum Gasteiger partial charge on any atom is -0.370 e. The summed E-state index contributed by atoms with van der Waals surface area (Å²) in [6, 6.07) is 13.3. The molecule has 130 valence electrons. The molecule has 1 aliphatic carbocycles. The number of carbonyl (C=O) groups is 1. The number of nitrogens with one attached hydrogen (secondary N) is 1. The van der Waals surface area contributed by atoms with Crippen molar-refractivity contribution in [2.24, 2.45) is 0 Å². The van der Waals surface area contributed by atoms with E-state index in [0.29, 0.717) is 10.0 Å². The van der Waals surface area contributed by atoms with E-state index < -0.39 is 5.41 Å². The zero-order valence-corrected chi connectivity index (χ0v) is 15.4. The molecule has 0 spiro atoms. The number of rotatable bonds is 4. The van der Waals surface area contributed by atoms with Gasteiger partial charge in [0.15, 0.2) is 0 Å². The highest BCUT2D eigenvalue weighted by atomic mass is 35.5. The second kappa shape index (κ2) is 6.54. The lowest BCUT2D eigenvalue weighted by Gasteiger charge is -2.23. The first-order chi connectivity index (χ1) is 12.1. The van der Waals surface area contributed by atoms with Crippen LogP contribution in [0.1, 0.15) is 31.2 Å². The lowest BCUT2D eigenvalue weighted by Crippen LogP contribution is -2.29. The van der Waals surface area contributed by atoms with Crippen molar-refractivity contribution in [3.05, 3.63) is 58.1 Å². The monoisotopic (exact) mass is 374 g/mol. The van der Waals surface area contributed by atoms with Gasteiger partial charge in [-0.3, -0.25) is 4.79 Å². The van der Waals surface area contributed by atoms with Crippen LogP contribution >= 0.6 is 23.2 Å². The maximum absolute atomic E-state index is 13.1. The van der Waals surface area contributed by atoms with E-state index in [4.69, 9.17) is 23.2 Å². The Balaban J connectivity index is 1.60. The van der Waals surface area contributed by atoms with Gasteiger partial charge in [-0.1, -0.05) is 35.3 Å². The number of carbonyl (C=O) groups excluding carboxylic acids is 1. The van der Waals surface area contributed by atoms with Gasteiger partial charge in [0, 0.05) is 23.1 Å². The fourth-order valence-electron chi connectivity index (χ4n) is 3.62. The Morgan fingerprint density at radius 3 is 2.24 bits per heavy atom. The highest BCUT2D eigenvalue weighted by molar-refractivity contribution is 6.31. The lowest BCUT2D eigenvalue weighted by atomic mass is 9.95. The van der Waals surface area contributed by atoms with Crippen molar-refractivity contribution in [2.75, 3.05) is 23.3 Å². The van der Waals surface area contributed by atoms with Crippen molar-refractivity contribution in [3.8, 4) is 0 Å². The molecule has 1 heterocycles. The van der Waals surface area contributed by atoms with E-state index in [1.807, 2.05) is 42.5 Å². The fraction of sp³-hybridized carbons (Fsp3) is 0.350. The Kier molecular flexibility index (Phi) is 4.38. The van der Waals surface area contributed by atoms with Gasteiger partial charge in [-0.15, -0.1) is 0 Å². The molecule has 5 heteroatoms. The van der Waals surface area contributed by atoms with Gasteiger partial charge in [0.05, 0.1) is 16.8 Å². The van der Waals surface area contributed by atoms with Crippen LogP contribution in [0, 0.1) is 0 Å². The molecule has 1 amide bonds. The maximum Gasteiger partial charge on any atom is 0.235 e. The van der Waals surface area contributed by atoms with Crippen LogP contribution in [0.4, 0.5) is 11.4 Å². The van der Waals surface area contributed by atoms with Gasteiger partial charge >= 0.3 is 0 Å². The summed E-state index contributed by atoms with van der Waals surface area (Å²) >= 11 is 12.2. The number of anilines is 2. The molecule has 1 saturated carbocycles. The van der Waals surface area contributed by atoms with Crippen LogP contribution < -0.4 is 10.2 Å². The molecule has 1 saturated heterocycles. The van der Waals surface area contributed by atoms with Crippen molar-refractivity contribution in [2.45, 2.75) is 31.1 Å². The first kappa shape index (κ1) is 16.7. The highest BCUT2D eigenvalue weighted by Crippen LogP contribution is 2.49. The zero-order chi connectivity index (χ0) is 17.4. The molecular formula is C20H20Cl2N2O. The summed E-state index contributed by atoms with van der Waals surface area (Å²) in [5, 5.41) is 4.47. The summed E-state index contributed by atoms with van der Waals surface area (Å²) < 4.78 is 0. The van der Waals surface area contributed by atoms with Gasteiger partial charge in [-0.25, -0.2) is 0 Å². The highest BCUT2D eigenvalue weighted by Gasteiger charge is 2.51. The molecule has 0 radical (unpaired) electrons. The van der Waals surface area contributed by atoms with Gasteiger partial charge in [0.2, 0.25) is 5.91 Å². The SMILES string of the molecule is O=C(Nc1cc(Cl)ccc1N1CCCC1)C1(c2ccc(Cl)cc2)CC1. The van der Waals surface area contributed by atoms with Crippen molar-refractivity contribution >= 4 is 40.5 Å². The van der Waals surface area contributed by atoms with Crippen molar-refractivity contribution in [1.29, 1.82) is 0 Å². The van der Waals surface area contributed by atoms with Crippen molar-refractivity contribution < 1.29 is 4.79 Å². The molecule has 1 aliphatic heterocycles. The van der Waals surface area contributed by atoms with E-state index in [-0.39, 0.29) is 5.91 Å². The summed E-state index contributed by atoms with van der Waals surface area (Å²) in [7, 11) is 0. The average molecular weight is 375 g/mol. The minimum atomic E-state index is -0.435. The number of nitrogens with zero attached hydrogens (tertiary/aromatic N) is 1.